The topological polar surface area (TPSA) is 33.2 Å². The van der Waals surface area contributed by atoms with E-state index in [9.17, 15) is 4.79 Å². The summed E-state index contributed by atoms with van der Waals surface area (Å²) in [7, 11) is 1.75. The van der Waals surface area contributed by atoms with E-state index in [1.807, 2.05) is 13.8 Å². The van der Waals surface area contributed by atoms with E-state index in [4.69, 9.17) is 11.6 Å². The first-order valence-corrected chi connectivity index (χ1v) is 5.14. The van der Waals surface area contributed by atoms with Crippen LogP contribution in [0.4, 0.5) is 0 Å². The minimum atomic E-state index is -0.0665. The molecule has 0 N–H and O–H groups in total. The van der Waals surface area contributed by atoms with Gasteiger partial charge in [0.1, 0.15) is 5.69 Å². The fourth-order valence-corrected chi connectivity index (χ4v) is 1.94. The Hall–Kier alpha value is -0.610. The Kier molecular flexibility index (Phi) is 3.27. The molecule has 0 radical (unpaired) electrons. The van der Waals surface area contributed by atoms with Gasteiger partial charge in [0, 0.05) is 18.5 Å². The number of nitrogens with zero attached hydrogens (tertiary/aromatic N) is 2. The molecule has 1 aromatic heterocycles. The maximum atomic E-state index is 11.6. The van der Waals surface area contributed by atoms with E-state index in [0.717, 1.165) is 4.88 Å². The van der Waals surface area contributed by atoms with Crippen LogP contribution < -0.4 is 0 Å². The van der Waals surface area contributed by atoms with Crippen molar-refractivity contribution in [2.75, 3.05) is 13.6 Å². The maximum Gasteiger partial charge on any atom is 0.273 e. The molecule has 3 nitrogen and oxygen atoms in total. The number of rotatable bonds is 2. The van der Waals surface area contributed by atoms with Crippen LogP contribution in [-0.2, 0) is 0 Å². The summed E-state index contributed by atoms with van der Waals surface area (Å²) in [6.07, 6.45) is 0. The Morgan fingerprint density at radius 1 is 1.69 bits per heavy atom. The Morgan fingerprint density at radius 2 is 2.31 bits per heavy atom. The van der Waals surface area contributed by atoms with Gasteiger partial charge in [0.15, 0.2) is 4.47 Å². The first-order chi connectivity index (χ1) is 6.06. The molecule has 0 fully saturated rings. The molecule has 72 valence electrons. The van der Waals surface area contributed by atoms with E-state index in [2.05, 4.69) is 4.98 Å². The lowest BCUT2D eigenvalue weighted by molar-refractivity contribution is 0.0797. The molecule has 0 spiro atoms. The lowest BCUT2D eigenvalue weighted by atomic mass is 10.3. The van der Waals surface area contributed by atoms with Crippen molar-refractivity contribution in [2.45, 2.75) is 13.8 Å². The van der Waals surface area contributed by atoms with E-state index >= 15 is 0 Å². The van der Waals surface area contributed by atoms with E-state index in [1.54, 1.807) is 11.9 Å². The molecule has 0 aliphatic carbocycles. The first kappa shape index (κ1) is 10.5. The van der Waals surface area contributed by atoms with Gasteiger partial charge in [0.25, 0.3) is 5.91 Å². The van der Waals surface area contributed by atoms with Gasteiger partial charge in [0.05, 0.1) is 0 Å². The average Bonchev–Trinajstić information content (AvgIpc) is 2.42. The molecule has 5 heteroatoms. The van der Waals surface area contributed by atoms with Gasteiger partial charge in [0.2, 0.25) is 0 Å². The number of halogens is 1. The van der Waals surface area contributed by atoms with Crippen molar-refractivity contribution < 1.29 is 4.79 Å². The molecule has 0 saturated carbocycles. The standard InChI is InChI=1S/C8H11ClN2OS/c1-4-11(3)7(12)6-5(2)13-8(9)10-6/h4H2,1-3H3. The number of carbonyl (C=O) groups excluding carboxylic acids is 1. The first-order valence-electron chi connectivity index (χ1n) is 3.94. The Balaban J connectivity index is 2.94. The SMILES string of the molecule is CCN(C)C(=O)c1nc(Cl)sc1C. The minimum absolute atomic E-state index is 0.0665. The number of carbonyl (C=O) groups is 1. The molecule has 0 aromatic carbocycles. The van der Waals surface area contributed by atoms with Crippen molar-refractivity contribution in [3.63, 3.8) is 0 Å². The second kappa shape index (κ2) is 4.07. The quantitative estimate of drug-likeness (QED) is 0.763. The summed E-state index contributed by atoms with van der Waals surface area (Å²) in [5.41, 5.74) is 0.472. The summed E-state index contributed by atoms with van der Waals surface area (Å²) in [5, 5.41) is 0. The molecular weight excluding hydrogens is 208 g/mol. The lowest BCUT2D eigenvalue weighted by Crippen LogP contribution is -2.26. The zero-order chi connectivity index (χ0) is 10.0. The van der Waals surface area contributed by atoms with Crippen LogP contribution >= 0.6 is 22.9 Å². The van der Waals surface area contributed by atoms with Crippen LogP contribution in [0.1, 0.15) is 22.3 Å². The Bertz CT molecular complexity index is 324. The zero-order valence-corrected chi connectivity index (χ0v) is 9.37. The Morgan fingerprint density at radius 3 is 2.69 bits per heavy atom. The number of amides is 1. The van der Waals surface area contributed by atoms with Crippen LogP contribution in [0.2, 0.25) is 4.47 Å². The lowest BCUT2D eigenvalue weighted by Gasteiger charge is -2.12. The Labute approximate surface area is 86.3 Å². The minimum Gasteiger partial charge on any atom is -0.341 e. The summed E-state index contributed by atoms with van der Waals surface area (Å²) in [4.78, 5) is 18.1. The van der Waals surface area contributed by atoms with Crippen molar-refractivity contribution in [3.05, 3.63) is 15.0 Å². The van der Waals surface area contributed by atoms with Gasteiger partial charge in [-0.1, -0.05) is 11.6 Å². The largest absolute Gasteiger partial charge is 0.341 e. The van der Waals surface area contributed by atoms with Crippen LogP contribution in [0.15, 0.2) is 0 Å². The van der Waals surface area contributed by atoms with Crippen molar-refractivity contribution >= 4 is 28.8 Å². The predicted molar refractivity (Wildman–Crippen MR) is 54.5 cm³/mol. The van der Waals surface area contributed by atoms with Crippen molar-refractivity contribution in [1.29, 1.82) is 0 Å². The van der Waals surface area contributed by atoms with Crippen LogP contribution in [0.5, 0.6) is 0 Å². The normalized spacial score (nSPS) is 10.2. The van der Waals surface area contributed by atoms with E-state index in [1.165, 1.54) is 11.3 Å². The van der Waals surface area contributed by atoms with Crippen LogP contribution in [0, 0.1) is 6.92 Å². The van der Waals surface area contributed by atoms with Gasteiger partial charge in [-0.05, 0) is 13.8 Å². The van der Waals surface area contributed by atoms with Crippen molar-refractivity contribution in [2.24, 2.45) is 0 Å². The molecule has 13 heavy (non-hydrogen) atoms. The average molecular weight is 219 g/mol. The highest BCUT2D eigenvalue weighted by Crippen LogP contribution is 2.22. The van der Waals surface area contributed by atoms with Crippen LogP contribution in [0.3, 0.4) is 0 Å². The molecule has 0 atom stereocenters. The molecule has 1 heterocycles. The van der Waals surface area contributed by atoms with Gasteiger partial charge in [-0.25, -0.2) is 4.98 Å². The molecule has 0 saturated heterocycles. The van der Waals surface area contributed by atoms with Crippen molar-refractivity contribution in [3.8, 4) is 0 Å². The molecule has 1 amide bonds. The van der Waals surface area contributed by atoms with Gasteiger partial charge < -0.3 is 4.90 Å². The summed E-state index contributed by atoms with van der Waals surface area (Å²) < 4.78 is 0.422. The highest BCUT2D eigenvalue weighted by atomic mass is 35.5. The van der Waals surface area contributed by atoms with Gasteiger partial charge in [-0.15, -0.1) is 11.3 Å². The van der Waals surface area contributed by atoms with Gasteiger partial charge >= 0.3 is 0 Å². The highest BCUT2D eigenvalue weighted by Gasteiger charge is 2.17. The molecule has 1 aromatic rings. The van der Waals surface area contributed by atoms with Crippen LogP contribution in [-0.4, -0.2) is 29.4 Å². The maximum absolute atomic E-state index is 11.6. The number of hydrogen-bond acceptors (Lipinski definition) is 3. The third-order valence-electron chi connectivity index (χ3n) is 1.79. The number of thiazole rings is 1. The van der Waals surface area contributed by atoms with E-state index in [0.29, 0.717) is 16.7 Å². The van der Waals surface area contributed by atoms with E-state index in [-0.39, 0.29) is 5.91 Å². The third-order valence-corrected chi connectivity index (χ3v) is 2.87. The fourth-order valence-electron chi connectivity index (χ4n) is 0.887. The van der Waals surface area contributed by atoms with Gasteiger partial charge in [-0.3, -0.25) is 4.79 Å². The molecular formula is C8H11ClN2OS. The second-order valence-corrected chi connectivity index (χ2v) is 4.48. The monoisotopic (exact) mass is 218 g/mol. The summed E-state index contributed by atoms with van der Waals surface area (Å²) >= 11 is 7.03. The smallest absolute Gasteiger partial charge is 0.273 e. The number of aryl methyl sites for hydroxylation is 1. The number of aromatic nitrogens is 1. The highest BCUT2D eigenvalue weighted by molar-refractivity contribution is 7.15. The third kappa shape index (κ3) is 2.19. The molecule has 0 bridgehead atoms. The van der Waals surface area contributed by atoms with Gasteiger partial charge in [-0.2, -0.15) is 0 Å². The molecule has 0 aliphatic heterocycles. The summed E-state index contributed by atoms with van der Waals surface area (Å²) in [6.45, 7) is 4.44. The predicted octanol–water partition coefficient (Wildman–Crippen LogP) is 2.20. The molecule has 0 unspecified atom stereocenters. The molecule has 0 aliphatic rings. The number of hydrogen-bond donors (Lipinski definition) is 0. The van der Waals surface area contributed by atoms with E-state index < -0.39 is 0 Å². The fraction of sp³-hybridized carbons (Fsp3) is 0.500. The zero-order valence-electron chi connectivity index (χ0n) is 7.80. The summed E-state index contributed by atoms with van der Waals surface area (Å²) in [5.74, 6) is -0.0665. The second-order valence-electron chi connectivity index (χ2n) is 2.69. The molecule has 1 rings (SSSR count). The summed E-state index contributed by atoms with van der Waals surface area (Å²) in [6, 6.07) is 0. The van der Waals surface area contributed by atoms with Crippen molar-refractivity contribution in [1.82, 2.24) is 9.88 Å². The van der Waals surface area contributed by atoms with Crippen LogP contribution in [0.25, 0.3) is 0 Å².